The van der Waals surface area contributed by atoms with Gasteiger partial charge >= 0.3 is 0 Å². The second-order valence-electron chi connectivity index (χ2n) is 9.82. The van der Waals surface area contributed by atoms with Crippen LogP contribution in [0.2, 0.25) is 0 Å². The lowest BCUT2D eigenvalue weighted by Crippen LogP contribution is -2.53. The van der Waals surface area contributed by atoms with E-state index in [2.05, 4.69) is 45.5 Å². The Hall–Kier alpha value is -0.610. The maximum absolute atomic E-state index is 12.3. The summed E-state index contributed by atoms with van der Waals surface area (Å²) in [5, 5.41) is 0. The number of hydrazine groups is 1. The Bertz CT molecular complexity index is 360. The van der Waals surface area contributed by atoms with Crippen LogP contribution in [0.25, 0.3) is 0 Å². The van der Waals surface area contributed by atoms with E-state index in [-0.39, 0.29) is 17.0 Å². The smallest absolute Gasteiger partial charge is 0.242 e. The minimum absolute atomic E-state index is 0.0472. The van der Waals surface area contributed by atoms with Crippen molar-refractivity contribution >= 4 is 5.91 Å². The SMILES string of the molecule is CC(C)(C)CCC(C)(C)OCC(C)(C)C(=O)NNC(C)(C)C. The lowest BCUT2D eigenvalue weighted by molar-refractivity contribution is -0.139. The Morgan fingerprint density at radius 3 is 1.77 bits per heavy atom. The van der Waals surface area contributed by atoms with Crippen molar-refractivity contribution in [3.8, 4) is 0 Å². The first kappa shape index (κ1) is 21.4. The second kappa shape index (κ2) is 7.31. The molecule has 0 aliphatic heterocycles. The van der Waals surface area contributed by atoms with Crippen molar-refractivity contribution in [2.75, 3.05) is 6.61 Å². The van der Waals surface area contributed by atoms with E-state index in [0.717, 1.165) is 12.8 Å². The van der Waals surface area contributed by atoms with E-state index in [1.807, 2.05) is 34.6 Å². The molecule has 0 unspecified atom stereocenters. The summed E-state index contributed by atoms with van der Waals surface area (Å²) in [4.78, 5) is 12.3. The average molecular weight is 315 g/mol. The molecule has 4 nitrogen and oxygen atoms in total. The molecule has 0 aromatic heterocycles. The third kappa shape index (κ3) is 10.2. The molecule has 2 N–H and O–H groups in total. The first-order chi connectivity index (χ1) is 9.54. The van der Waals surface area contributed by atoms with Crippen LogP contribution in [0.5, 0.6) is 0 Å². The molecule has 1 amide bonds. The molecular weight excluding hydrogens is 276 g/mol. The Morgan fingerprint density at radius 1 is 0.864 bits per heavy atom. The van der Waals surface area contributed by atoms with Crippen LogP contribution in [0.3, 0.4) is 0 Å². The topological polar surface area (TPSA) is 50.4 Å². The highest BCUT2D eigenvalue weighted by Crippen LogP contribution is 2.29. The molecule has 132 valence electrons. The van der Waals surface area contributed by atoms with Gasteiger partial charge in [-0.25, -0.2) is 5.43 Å². The van der Waals surface area contributed by atoms with E-state index in [0.29, 0.717) is 12.0 Å². The molecule has 0 rings (SSSR count). The molecule has 0 saturated heterocycles. The monoisotopic (exact) mass is 314 g/mol. The normalized spacial score (nSPS) is 14.1. The van der Waals surface area contributed by atoms with Gasteiger partial charge in [0.1, 0.15) is 0 Å². The number of ether oxygens (including phenoxy) is 1. The van der Waals surface area contributed by atoms with Gasteiger partial charge in [0, 0.05) is 5.54 Å². The molecule has 4 heteroatoms. The number of nitrogens with one attached hydrogen (secondary N) is 2. The van der Waals surface area contributed by atoms with Gasteiger partial charge in [-0.15, -0.1) is 0 Å². The quantitative estimate of drug-likeness (QED) is 0.697. The van der Waals surface area contributed by atoms with Crippen molar-refractivity contribution in [2.45, 2.75) is 93.2 Å². The Morgan fingerprint density at radius 2 is 1.36 bits per heavy atom. The van der Waals surface area contributed by atoms with Crippen molar-refractivity contribution in [3.63, 3.8) is 0 Å². The number of carbonyl (C=O) groups excluding carboxylic acids is 1. The fourth-order valence-electron chi connectivity index (χ4n) is 1.60. The summed E-state index contributed by atoms with van der Waals surface area (Å²) < 4.78 is 6.05. The van der Waals surface area contributed by atoms with Crippen LogP contribution >= 0.6 is 0 Å². The van der Waals surface area contributed by atoms with Crippen LogP contribution < -0.4 is 10.9 Å². The van der Waals surface area contributed by atoms with E-state index in [9.17, 15) is 4.79 Å². The van der Waals surface area contributed by atoms with Gasteiger partial charge in [-0.1, -0.05) is 20.8 Å². The van der Waals surface area contributed by atoms with E-state index in [1.165, 1.54) is 0 Å². The summed E-state index contributed by atoms with van der Waals surface area (Å²) in [7, 11) is 0. The second-order valence-corrected chi connectivity index (χ2v) is 9.82. The molecule has 0 saturated carbocycles. The summed E-state index contributed by atoms with van der Waals surface area (Å²) in [6, 6.07) is 0. The summed E-state index contributed by atoms with van der Waals surface area (Å²) in [5.41, 5.74) is 5.15. The van der Waals surface area contributed by atoms with Crippen molar-refractivity contribution in [1.82, 2.24) is 10.9 Å². The molecule has 0 radical (unpaired) electrons. The van der Waals surface area contributed by atoms with E-state index in [4.69, 9.17) is 4.74 Å². The van der Waals surface area contributed by atoms with Crippen LogP contribution in [0.1, 0.15) is 82.1 Å². The predicted octanol–water partition coefficient (Wildman–Crippen LogP) is 4.05. The minimum Gasteiger partial charge on any atom is -0.374 e. The van der Waals surface area contributed by atoms with Gasteiger partial charge in [0.05, 0.1) is 17.6 Å². The zero-order valence-corrected chi connectivity index (χ0v) is 16.4. The molecule has 0 aliphatic rings. The largest absolute Gasteiger partial charge is 0.374 e. The molecule has 0 fully saturated rings. The third-order valence-electron chi connectivity index (χ3n) is 3.47. The minimum atomic E-state index is -0.572. The molecule has 0 atom stereocenters. The molecule has 0 bridgehead atoms. The number of carbonyl (C=O) groups is 1. The van der Waals surface area contributed by atoms with E-state index in [1.54, 1.807) is 0 Å². The van der Waals surface area contributed by atoms with Crippen molar-refractivity contribution in [3.05, 3.63) is 0 Å². The Balaban J connectivity index is 4.43. The van der Waals surface area contributed by atoms with Crippen LogP contribution in [-0.4, -0.2) is 23.7 Å². The van der Waals surface area contributed by atoms with Gasteiger partial charge in [-0.2, -0.15) is 0 Å². The zero-order chi connectivity index (χ0) is 17.8. The number of amides is 1. The van der Waals surface area contributed by atoms with Crippen molar-refractivity contribution in [2.24, 2.45) is 10.8 Å². The van der Waals surface area contributed by atoms with Gasteiger partial charge in [0.15, 0.2) is 0 Å². The lowest BCUT2D eigenvalue weighted by atomic mass is 9.86. The van der Waals surface area contributed by atoms with Crippen LogP contribution in [0.15, 0.2) is 0 Å². The molecule has 0 aliphatic carbocycles. The summed E-state index contributed by atoms with van der Waals surface area (Å²) in [5.74, 6) is -0.0472. The Labute approximate surface area is 137 Å². The maximum Gasteiger partial charge on any atom is 0.242 e. The van der Waals surface area contributed by atoms with Crippen molar-refractivity contribution in [1.29, 1.82) is 0 Å². The number of hydrogen-bond acceptors (Lipinski definition) is 3. The summed E-state index contributed by atoms with van der Waals surface area (Å²) >= 11 is 0. The first-order valence-corrected chi connectivity index (χ1v) is 8.26. The number of rotatable bonds is 7. The fraction of sp³-hybridized carbons (Fsp3) is 0.944. The van der Waals surface area contributed by atoms with Gasteiger partial charge in [-0.3, -0.25) is 10.2 Å². The third-order valence-corrected chi connectivity index (χ3v) is 3.47. The van der Waals surface area contributed by atoms with Crippen molar-refractivity contribution < 1.29 is 9.53 Å². The summed E-state index contributed by atoms with van der Waals surface area (Å²) in [6.45, 7) is 21.1. The van der Waals surface area contributed by atoms with Gasteiger partial charge in [0.25, 0.3) is 0 Å². The maximum atomic E-state index is 12.3. The number of hydrogen-bond donors (Lipinski definition) is 2. The first-order valence-electron chi connectivity index (χ1n) is 8.26. The summed E-state index contributed by atoms with van der Waals surface area (Å²) in [6.07, 6.45) is 2.08. The molecule has 0 aromatic rings. The molecule has 0 aromatic carbocycles. The predicted molar refractivity (Wildman–Crippen MR) is 93.5 cm³/mol. The van der Waals surface area contributed by atoms with Crippen LogP contribution in [-0.2, 0) is 9.53 Å². The van der Waals surface area contributed by atoms with Gasteiger partial charge in [0.2, 0.25) is 5.91 Å². The zero-order valence-electron chi connectivity index (χ0n) is 16.4. The van der Waals surface area contributed by atoms with E-state index >= 15 is 0 Å². The molecular formula is C18H38N2O2. The average Bonchev–Trinajstić information content (AvgIpc) is 2.30. The lowest BCUT2D eigenvalue weighted by Gasteiger charge is -2.33. The van der Waals surface area contributed by atoms with E-state index < -0.39 is 5.41 Å². The van der Waals surface area contributed by atoms with Crippen LogP contribution in [0, 0.1) is 10.8 Å². The van der Waals surface area contributed by atoms with Gasteiger partial charge in [-0.05, 0) is 66.7 Å². The fourth-order valence-corrected chi connectivity index (χ4v) is 1.60. The van der Waals surface area contributed by atoms with Gasteiger partial charge < -0.3 is 4.74 Å². The van der Waals surface area contributed by atoms with Crippen LogP contribution in [0.4, 0.5) is 0 Å². The highest BCUT2D eigenvalue weighted by atomic mass is 16.5. The highest BCUT2D eigenvalue weighted by Gasteiger charge is 2.32. The Kier molecular flexibility index (Phi) is 7.10. The standard InChI is InChI=1S/C18H38N2O2/c1-15(2,3)11-12-18(9,10)22-13-17(7,8)14(21)19-20-16(4,5)6/h20H,11-13H2,1-10H3,(H,19,21). The molecule has 0 spiro atoms. The molecule has 0 heterocycles. The highest BCUT2D eigenvalue weighted by molar-refractivity contribution is 5.81. The molecule has 22 heavy (non-hydrogen) atoms.